The lowest BCUT2D eigenvalue weighted by Gasteiger charge is -2.21. The van der Waals surface area contributed by atoms with Gasteiger partial charge in [-0.15, -0.1) is 0 Å². The first kappa shape index (κ1) is 15.0. The number of halogens is 1. The van der Waals surface area contributed by atoms with Gasteiger partial charge in [0.1, 0.15) is 12.2 Å². The van der Waals surface area contributed by atoms with Crippen LogP contribution < -0.4 is 0 Å². The Kier molecular flexibility index (Phi) is 4.88. The maximum Gasteiger partial charge on any atom is 0.256 e. The summed E-state index contributed by atoms with van der Waals surface area (Å²) in [5.74, 6) is -1.12. The van der Waals surface area contributed by atoms with Crippen LogP contribution in [-0.4, -0.2) is 47.8 Å². The summed E-state index contributed by atoms with van der Waals surface area (Å²) in [4.78, 5) is 27.1. The van der Waals surface area contributed by atoms with Crippen molar-refractivity contribution in [2.45, 2.75) is 12.8 Å². The van der Waals surface area contributed by atoms with E-state index in [0.29, 0.717) is 32.6 Å². The third-order valence-corrected chi connectivity index (χ3v) is 3.47. The fourth-order valence-corrected chi connectivity index (χ4v) is 2.35. The number of nitriles is 1. The number of benzene rings is 1. The predicted molar refractivity (Wildman–Crippen MR) is 73.7 cm³/mol. The zero-order valence-electron chi connectivity index (χ0n) is 11.6. The predicted octanol–water partition coefficient (Wildman–Crippen LogP) is 1.41. The van der Waals surface area contributed by atoms with E-state index in [4.69, 9.17) is 5.26 Å². The van der Waals surface area contributed by atoms with Gasteiger partial charge in [-0.1, -0.05) is 12.1 Å². The van der Waals surface area contributed by atoms with E-state index in [2.05, 4.69) is 0 Å². The van der Waals surface area contributed by atoms with E-state index in [-0.39, 0.29) is 23.8 Å². The van der Waals surface area contributed by atoms with Gasteiger partial charge in [0.2, 0.25) is 5.91 Å². The lowest BCUT2D eigenvalue weighted by atomic mass is 10.2. The number of hydrogen-bond donors (Lipinski definition) is 0. The molecule has 0 saturated carbocycles. The van der Waals surface area contributed by atoms with Gasteiger partial charge in [0.25, 0.3) is 5.91 Å². The number of hydrogen-bond acceptors (Lipinski definition) is 3. The first-order valence-corrected chi connectivity index (χ1v) is 6.82. The lowest BCUT2D eigenvalue weighted by Crippen LogP contribution is -2.37. The van der Waals surface area contributed by atoms with Crippen molar-refractivity contribution in [3.8, 4) is 6.07 Å². The van der Waals surface area contributed by atoms with Crippen LogP contribution in [0.25, 0.3) is 0 Å². The molecule has 1 saturated heterocycles. The smallest absolute Gasteiger partial charge is 0.256 e. The third-order valence-electron chi connectivity index (χ3n) is 3.47. The summed E-state index contributed by atoms with van der Waals surface area (Å²) in [7, 11) is 0. The first-order chi connectivity index (χ1) is 10.1. The molecule has 1 aliphatic rings. The van der Waals surface area contributed by atoms with E-state index >= 15 is 0 Å². The molecule has 0 unspecified atom stereocenters. The summed E-state index contributed by atoms with van der Waals surface area (Å²) in [5.41, 5.74) is 0.0503. The van der Waals surface area contributed by atoms with Crippen LogP contribution in [0, 0.1) is 17.1 Å². The minimum absolute atomic E-state index is 0.0503. The summed E-state index contributed by atoms with van der Waals surface area (Å²) < 4.78 is 13.7. The van der Waals surface area contributed by atoms with Crippen LogP contribution in [0.4, 0.5) is 4.39 Å². The van der Waals surface area contributed by atoms with Gasteiger partial charge in [-0.2, -0.15) is 5.26 Å². The van der Waals surface area contributed by atoms with Crippen LogP contribution >= 0.6 is 0 Å². The summed E-state index contributed by atoms with van der Waals surface area (Å²) in [6, 6.07) is 7.71. The molecule has 1 aromatic rings. The fourth-order valence-electron chi connectivity index (χ4n) is 2.35. The lowest BCUT2D eigenvalue weighted by molar-refractivity contribution is -0.130. The fraction of sp³-hybridized carbons (Fsp3) is 0.400. The van der Waals surface area contributed by atoms with Gasteiger partial charge >= 0.3 is 0 Å². The second-order valence-electron chi connectivity index (χ2n) is 4.84. The molecule has 0 N–H and O–H groups in total. The van der Waals surface area contributed by atoms with E-state index in [1.165, 1.54) is 18.2 Å². The molecule has 2 rings (SSSR count). The molecule has 0 spiro atoms. The van der Waals surface area contributed by atoms with Gasteiger partial charge in [0.15, 0.2) is 0 Å². The molecule has 0 aliphatic carbocycles. The highest BCUT2D eigenvalue weighted by atomic mass is 19.1. The zero-order valence-corrected chi connectivity index (χ0v) is 11.6. The number of carbonyl (C=O) groups excluding carboxylic acids is 2. The molecule has 6 heteroatoms. The van der Waals surface area contributed by atoms with Gasteiger partial charge in [0, 0.05) is 26.2 Å². The van der Waals surface area contributed by atoms with Gasteiger partial charge < -0.3 is 9.80 Å². The molecular weight excluding hydrogens is 273 g/mol. The standard InChI is InChI=1S/C15H16FN3O2/c16-13-5-2-1-4-12(13)15(21)19-9-3-8-18(10-11-19)14(20)6-7-17/h1-2,4-5H,3,6,8-11H2. The molecule has 0 aromatic heterocycles. The highest BCUT2D eigenvalue weighted by Crippen LogP contribution is 2.13. The highest BCUT2D eigenvalue weighted by molar-refractivity contribution is 5.94. The molecule has 2 amide bonds. The van der Waals surface area contributed by atoms with Crippen molar-refractivity contribution < 1.29 is 14.0 Å². The molecule has 1 fully saturated rings. The SMILES string of the molecule is N#CCC(=O)N1CCCN(C(=O)c2ccccc2F)CC1. The summed E-state index contributed by atoms with van der Waals surface area (Å²) in [6.45, 7) is 1.72. The number of carbonyl (C=O) groups is 2. The first-order valence-electron chi connectivity index (χ1n) is 6.82. The Balaban J connectivity index is 2.03. The van der Waals surface area contributed by atoms with Crippen LogP contribution in [-0.2, 0) is 4.79 Å². The largest absolute Gasteiger partial charge is 0.340 e. The Morgan fingerprint density at radius 1 is 1.14 bits per heavy atom. The van der Waals surface area contributed by atoms with Gasteiger partial charge in [-0.25, -0.2) is 4.39 Å². The van der Waals surface area contributed by atoms with Crippen molar-refractivity contribution in [2.75, 3.05) is 26.2 Å². The molecular formula is C15H16FN3O2. The Morgan fingerprint density at radius 2 is 1.81 bits per heavy atom. The van der Waals surface area contributed by atoms with E-state index in [1.54, 1.807) is 15.9 Å². The normalized spacial score (nSPS) is 15.2. The highest BCUT2D eigenvalue weighted by Gasteiger charge is 2.23. The Hall–Kier alpha value is -2.42. The van der Waals surface area contributed by atoms with Gasteiger partial charge in [-0.3, -0.25) is 9.59 Å². The summed E-state index contributed by atoms with van der Waals surface area (Å²) >= 11 is 0. The maximum absolute atomic E-state index is 13.7. The topological polar surface area (TPSA) is 64.4 Å². The maximum atomic E-state index is 13.7. The minimum Gasteiger partial charge on any atom is -0.340 e. The Bertz CT molecular complexity index is 583. The number of rotatable bonds is 2. The van der Waals surface area contributed by atoms with Gasteiger partial charge in [0.05, 0.1) is 11.6 Å². The molecule has 1 aromatic carbocycles. The molecule has 0 radical (unpaired) electrons. The third kappa shape index (κ3) is 3.57. The molecule has 0 atom stereocenters. The number of amides is 2. The molecule has 1 aliphatic heterocycles. The number of nitrogens with zero attached hydrogens (tertiary/aromatic N) is 3. The van der Waals surface area contributed by atoms with Crippen molar-refractivity contribution in [3.63, 3.8) is 0 Å². The van der Waals surface area contributed by atoms with Crippen molar-refractivity contribution in [1.29, 1.82) is 5.26 Å². The molecule has 110 valence electrons. The average Bonchev–Trinajstić information content (AvgIpc) is 2.73. The second kappa shape index (κ2) is 6.84. The minimum atomic E-state index is -0.538. The van der Waals surface area contributed by atoms with E-state index in [1.807, 2.05) is 6.07 Å². The molecule has 1 heterocycles. The van der Waals surface area contributed by atoms with Crippen LogP contribution in [0.3, 0.4) is 0 Å². The van der Waals surface area contributed by atoms with Crippen LogP contribution in [0.1, 0.15) is 23.2 Å². The van der Waals surface area contributed by atoms with Crippen molar-refractivity contribution in [2.24, 2.45) is 0 Å². The van der Waals surface area contributed by atoms with Crippen LogP contribution in [0.5, 0.6) is 0 Å². The van der Waals surface area contributed by atoms with E-state index in [9.17, 15) is 14.0 Å². The quantitative estimate of drug-likeness (QED) is 0.827. The van der Waals surface area contributed by atoms with Crippen molar-refractivity contribution >= 4 is 11.8 Å². The van der Waals surface area contributed by atoms with Crippen molar-refractivity contribution in [3.05, 3.63) is 35.6 Å². The molecule has 21 heavy (non-hydrogen) atoms. The zero-order chi connectivity index (χ0) is 15.2. The van der Waals surface area contributed by atoms with Crippen molar-refractivity contribution in [1.82, 2.24) is 9.80 Å². The van der Waals surface area contributed by atoms with Gasteiger partial charge in [-0.05, 0) is 18.6 Å². The Labute approximate surface area is 122 Å². The second-order valence-corrected chi connectivity index (χ2v) is 4.84. The van der Waals surface area contributed by atoms with Crippen LogP contribution in [0.15, 0.2) is 24.3 Å². The van der Waals surface area contributed by atoms with E-state index in [0.717, 1.165) is 0 Å². The molecule has 5 nitrogen and oxygen atoms in total. The molecule has 0 bridgehead atoms. The summed E-state index contributed by atoms with van der Waals surface area (Å²) in [6.07, 6.45) is 0.471. The average molecular weight is 289 g/mol. The van der Waals surface area contributed by atoms with Crippen LogP contribution in [0.2, 0.25) is 0 Å². The summed E-state index contributed by atoms with van der Waals surface area (Å²) in [5, 5.41) is 8.55. The van der Waals surface area contributed by atoms with E-state index < -0.39 is 5.82 Å². The monoisotopic (exact) mass is 289 g/mol. The Morgan fingerprint density at radius 3 is 2.52 bits per heavy atom.